The zero-order valence-electron chi connectivity index (χ0n) is 17.1. The van der Waals surface area contributed by atoms with Crippen LogP contribution in [0.1, 0.15) is 0 Å². The monoisotopic (exact) mass is 435 g/mol. The second kappa shape index (κ2) is 7.98. The maximum Gasteiger partial charge on any atom is 0.244 e. The molecule has 31 heavy (non-hydrogen) atoms. The van der Waals surface area contributed by atoms with Crippen LogP contribution in [0.15, 0.2) is 82.5 Å². The van der Waals surface area contributed by atoms with E-state index < -0.39 is 10.0 Å². The van der Waals surface area contributed by atoms with Gasteiger partial charge >= 0.3 is 0 Å². The number of nitrogens with one attached hydrogen (secondary N) is 1. The van der Waals surface area contributed by atoms with Crippen molar-refractivity contribution in [3.8, 4) is 0 Å². The molecule has 0 atom stereocenters. The molecular weight excluding hydrogens is 414 g/mol. The molecule has 4 aromatic rings. The van der Waals surface area contributed by atoms with E-state index in [-0.39, 0.29) is 22.8 Å². The number of carbonyl (C=O) groups excluding carboxylic acids is 1. The molecule has 1 heterocycles. The highest BCUT2D eigenvalue weighted by atomic mass is 32.2. The van der Waals surface area contributed by atoms with Gasteiger partial charge in [-0.15, -0.1) is 0 Å². The molecule has 0 aliphatic heterocycles. The van der Waals surface area contributed by atoms with Gasteiger partial charge in [-0.05, 0) is 42.5 Å². The van der Waals surface area contributed by atoms with E-state index in [1.807, 2.05) is 12.1 Å². The van der Waals surface area contributed by atoms with Crippen molar-refractivity contribution in [3.63, 3.8) is 0 Å². The lowest BCUT2D eigenvalue weighted by Gasteiger charge is -2.16. The van der Waals surface area contributed by atoms with Gasteiger partial charge in [0.15, 0.2) is 5.43 Å². The minimum atomic E-state index is -3.61. The maximum absolute atomic E-state index is 12.9. The molecule has 0 saturated carbocycles. The third-order valence-corrected chi connectivity index (χ3v) is 6.89. The fourth-order valence-corrected chi connectivity index (χ4v) is 4.48. The van der Waals surface area contributed by atoms with Crippen LogP contribution < -0.4 is 10.7 Å². The lowest BCUT2D eigenvalue weighted by molar-refractivity contribution is -0.116. The Morgan fingerprint density at radius 3 is 2.06 bits per heavy atom. The first-order valence-corrected chi connectivity index (χ1v) is 11.1. The highest BCUT2D eigenvalue weighted by Crippen LogP contribution is 2.21. The summed E-state index contributed by atoms with van der Waals surface area (Å²) in [6.45, 7) is -0.0357. The minimum absolute atomic E-state index is 0.0357. The molecule has 0 fully saturated rings. The smallest absolute Gasteiger partial charge is 0.244 e. The highest BCUT2D eigenvalue weighted by Gasteiger charge is 2.18. The zero-order valence-corrected chi connectivity index (χ0v) is 17.9. The van der Waals surface area contributed by atoms with E-state index in [1.165, 1.54) is 26.2 Å². The van der Waals surface area contributed by atoms with Crippen LogP contribution in [0.3, 0.4) is 0 Å². The first kappa shape index (κ1) is 20.8. The van der Waals surface area contributed by atoms with Crippen LogP contribution in [0.4, 0.5) is 5.69 Å². The minimum Gasteiger partial charge on any atom is -0.331 e. The molecule has 7 nitrogen and oxygen atoms in total. The standard InChI is InChI=1S/C23H21N3O4S/c1-25(2)31(29,30)17-9-7-8-16(14-17)24-22(27)15-26-20-12-5-3-10-18(20)23(28)19-11-4-6-13-21(19)26/h3-14H,15H2,1-2H3,(H,24,27). The van der Waals surface area contributed by atoms with E-state index in [4.69, 9.17) is 0 Å². The molecule has 158 valence electrons. The number of sulfonamides is 1. The van der Waals surface area contributed by atoms with Crippen LogP contribution in [0, 0.1) is 0 Å². The van der Waals surface area contributed by atoms with Gasteiger partial charge in [0.25, 0.3) is 0 Å². The average molecular weight is 436 g/mol. The molecule has 1 aromatic heterocycles. The Kier molecular flexibility index (Phi) is 5.34. The summed E-state index contributed by atoms with van der Waals surface area (Å²) < 4.78 is 27.6. The van der Waals surface area contributed by atoms with Crippen molar-refractivity contribution >= 4 is 43.4 Å². The summed E-state index contributed by atoms with van der Waals surface area (Å²) in [7, 11) is -0.711. The number of rotatable bonds is 5. The normalized spacial score (nSPS) is 11.8. The largest absolute Gasteiger partial charge is 0.331 e. The number of carbonyl (C=O) groups is 1. The van der Waals surface area contributed by atoms with Gasteiger partial charge in [-0.1, -0.05) is 30.3 Å². The number of hydrogen-bond donors (Lipinski definition) is 1. The number of amides is 1. The zero-order chi connectivity index (χ0) is 22.2. The van der Waals surface area contributed by atoms with Crippen molar-refractivity contribution < 1.29 is 13.2 Å². The number of pyridine rings is 1. The Hall–Kier alpha value is -3.49. The molecule has 3 aromatic carbocycles. The number of benzene rings is 3. The predicted molar refractivity (Wildman–Crippen MR) is 122 cm³/mol. The first-order valence-electron chi connectivity index (χ1n) is 9.62. The van der Waals surface area contributed by atoms with Crippen molar-refractivity contribution in [2.75, 3.05) is 19.4 Å². The average Bonchev–Trinajstić information content (AvgIpc) is 2.76. The van der Waals surface area contributed by atoms with Gasteiger partial charge in [-0.3, -0.25) is 9.59 Å². The van der Waals surface area contributed by atoms with Crippen LogP contribution in [0.2, 0.25) is 0 Å². The number of nitrogens with zero attached hydrogens (tertiary/aromatic N) is 2. The molecule has 0 aliphatic carbocycles. The molecule has 0 aliphatic rings. The fraction of sp³-hybridized carbons (Fsp3) is 0.130. The lowest BCUT2D eigenvalue weighted by atomic mass is 10.1. The molecule has 8 heteroatoms. The second-order valence-electron chi connectivity index (χ2n) is 7.31. The van der Waals surface area contributed by atoms with Crippen LogP contribution in [0.25, 0.3) is 21.8 Å². The highest BCUT2D eigenvalue weighted by molar-refractivity contribution is 7.89. The van der Waals surface area contributed by atoms with Gasteiger partial charge in [0.05, 0.1) is 15.9 Å². The van der Waals surface area contributed by atoms with Crippen molar-refractivity contribution in [1.29, 1.82) is 0 Å². The van der Waals surface area contributed by atoms with E-state index >= 15 is 0 Å². The molecule has 1 amide bonds. The number of aromatic nitrogens is 1. The molecular formula is C23H21N3O4S. The number of anilines is 1. The summed E-state index contributed by atoms with van der Waals surface area (Å²) in [5.74, 6) is -0.335. The van der Waals surface area contributed by atoms with Gasteiger partial charge in [-0.2, -0.15) is 0 Å². The van der Waals surface area contributed by atoms with Crippen molar-refractivity contribution in [2.45, 2.75) is 11.4 Å². The van der Waals surface area contributed by atoms with Gasteiger partial charge < -0.3 is 9.88 Å². The van der Waals surface area contributed by atoms with Crippen LogP contribution in [0.5, 0.6) is 0 Å². The van der Waals surface area contributed by atoms with Crippen LogP contribution in [-0.4, -0.2) is 37.3 Å². The fourth-order valence-electron chi connectivity index (χ4n) is 3.54. The van der Waals surface area contributed by atoms with E-state index in [0.29, 0.717) is 27.5 Å². The SMILES string of the molecule is CN(C)S(=O)(=O)c1cccc(NC(=O)Cn2c3ccccc3c(=O)c3ccccc32)c1. The van der Waals surface area contributed by atoms with Gasteiger partial charge in [-0.25, -0.2) is 12.7 Å². The van der Waals surface area contributed by atoms with Crippen molar-refractivity contribution in [2.24, 2.45) is 0 Å². The summed E-state index contributed by atoms with van der Waals surface area (Å²) in [5.41, 5.74) is 1.61. The molecule has 0 unspecified atom stereocenters. The van der Waals surface area contributed by atoms with E-state index in [2.05, 4.69) is 5.32 Å². The van der Waals surface area contributed by atoms with E-state index in [9.17, 15) is 18.0 Å². The Morgan fingerprint density at radius 2 is 1.48 bits per heavy atom. The first-order chi connectivity index (χ1) is 14.8. The molecule has 0 saturated heterocycles. The third-order valence-electron chi connectivity index (χ3n) is 5.08. The predicted octanol–water partition coefficient (Wildman–Crippen LogP) is 3.04. The topological polar surface area (TPSA) is 88.5 Å². The Labute approximate surface area is 179 Å². The molecule has 0 spiro atoms. The van der Waals surface area contributed by atoms with Crippen molar-refractivity contribution in [1.82, 2.24) is 8.87 Å². The summed E-state index contributed by atoms with van der Waals surface area (Å²) in [5, 5.41) is 3.84. The number of para-hydroxylation sites is 2. The van der Waals surface area contributed by atoms with Gasteiger partial charge in [0, 0.05) is 30.6 Å². The summed E-state index contributed by atoms with van der Waals surface area (Å²) in [6, 6.07) is 20.4. The van der Waals surface area contributed by atoms with E-state index in [1.54, 1.807) is 53.1 Å². The Balaban J connectivity index is 1.72. The van der Waals surface area contributed by atoms with Gasteiger partial charge in [0.1, 0.15) is 6.54 Å². The summed E-state index contributed by atoms with van der Waals surface area (Å²) in [4.78, 5) is 25.8. The summed E-state index contributed by atoms with van der Waals surface area (Å²) in [6.07, 6.45) is 0. The summed E-state index contributed by atoms with van der Waals surface area (Å²) >= 11 is 0. The third kappa shape index (κ3) is 3.83. The second-order valence-corrected chi connectivity index (χ2v) is 9.46. The maximum atomic E-state index is 12.9. The van der Waals surface area contributed by atoms with E-state index in [0.717, 1.165) is 4.31 Å². The van der Waals surface area contributed by atoms with Gasteiger partial charge in [0.2, 0.25) is 15.9 Å². The van der Waals surface area contributed by atoms with Crippen LogP contribution in [-0.2, 0) is 21.4 Å². The number of fused-ring (bicyclic) bond motifs is 2. The Morgan fingerprint density at radius 1 is 0.903 bits per heavy atom. The van der Waals surface area contributed by atoms with Crippen molar-refractivity contribution in [3.05, 3.63) is 83.0 Å². The quantitative estimate of drug-likeness (QED) is 0.488. The molecule has 0 bridgehead atoms. The van der Waals surface area contributed by atoms with Crippen LogP contribution >= 0.6 is 0 Å². The molecule has 4 rings (SSSR count). The number of hydrogen-bond acceptors (Lipinski definition) is 4. The lowest BCUT2D eigenvalue weighted by Crippen LogP contribution is -2.23. The molecule has 1 N–H and O–H groups in total. The molecule has 0 radical (unpaired) electrons. The Bertz CT molecular complexity index is 1410.